The standard InChI is InChI=1S/C10H7N3O2/c11-13-12-6-2-4-8-3-1-5-10(15)9(8)7-14/h1,3,5,7,15H,6H2. The van der Waals surface area contributed by atoms with Gasteiger partial charge in [-0.05, 0) is 17.7 Å². The Labute approximate surface area is 86.0 Å². The quantitative estimate of drug-likeness (QED) is 0.260. The predicted octanol–water partition coefficient (Wildman–Crippen LogP) is 1.87. The van der Waals surface area contributed by atoms with Gasteiger partial charge >= 0.3 is 0 Å². The van der Waals surface area contributed by atoms with E-state index in [4.69, 9.17) is 5.53 Å². The van der Waals surface area contributed by atoms with E-state index >= 15 is 0 Å². The fourth-order valence-corrected chi connectivity index (χ4v) is 0.988. The molecule has 0 radical (unpaired) electrons. The molecule has 0 spiro atoms. The molecule has 5 nitrogen and oxygen atoms in total. The van der Waals surface area contributed by atoms with E-state index in [-0.39, 0.29) is 17.9 Å². The molecule has 0 aliphatic heterocycles. The molecule has 5 heteroatoms. The van der Waals surface area contributed by atoms with Gasteiger partial charge < -0.3 is 5.11 Å². The lowest BCUT2D eigenvalue weighted by molar-refractivity contribution is 0.112. The molecule has 0 fully saturated rings. The first kappa shape index (κ1) is 10.6. The van der Waals surface area contributed by atoms with Crippen molar-refractivity contribution in [3.05, 3.63) is 39.8 Å². The number of hydrogen-bond acceptors (Lipinski definition) is 3. The lowest BCUT2D eigenvalue weighted by Crippen LogP contribution is -1.87. The summed E-state index contributed by atoms with van der Waals surface area (Å²) in [6.45, 7) is 0.0322. The van der Waals surface area contributed by atoms with Crippen LogP contribution in [-0.2, 0) is 0 Å². The van der Waals surface area contributed by atoms with Crippen molar-refractivity contribution < 1.29 is 9.90 Å². The summed E-state index contributed by atoms with van der Waals surface area (Å²) in [4.78, 5) is 13.2. The smallest absolute Gasteiger partial charge is 0.155 e. The first-order chi connectivity index (χ1) is 7.29. The van der Waals surface area contributed by atoms with Crippen molar-refractivity contribution in [2.45, 2.75) is 0 Å². The van der Waals surface area contributed by atoms with Crippen LogP contribution in [0.25, 0.3) is 10.4 Å². The summed E-state index contributed by atoms with van der Waals surface area (Å²) >= 11 is 0. The summed E-state index contributed by atoms with van der Waals surface area (Å²) in [6.07, 6.45) is 0.535. The molecule has 0 aliphatic carbocycles. The number of rotatable bonds is 2. The van der Waals surface area contributed by atoms with Crippen LogP contribution >= 0.6 is 0 Å². The molecule has 74 valence electrons. The summed E-state index contributed by atoms with van der Waals surface area (Å²) in [5.74, 6) is 5.09. The van der Waals surface area contributed by atoms with Crippen LogP contribution in [0, 0.1) is 11.8 Å². The second-order valence-corrected chi connectivity index (χ2v) is 2.55. The highest BCUT2D eigenvalue weighted by atomic mass is 16.3. The molecule has 0 heterocycles. The van der Waals surface area contributed by atoms with Crippen LogP contribution in [0.2, 0.25) is 0 Å². The van der Waals surface area contributed by atoms with Crippen LogP contribution in [0.1, 0.15) is 15.9 Å². The molecule has 1 aromatic rings. The van der Waals surface area contributed by atoms with Crippen molar-refractivity contribution in [2.24, 2.45) is 5.11 Å². The molecule has 0 saturated carbocycles. The molecule has 0 atom stereocenters. The van der Waals surface area contributed by atoms with Gasteiger partial charge in [-0.15, -0.1) is 0 Å². The van der Waals surface area contributed by atoms with Gasteiger partial charge in [-0.1, -0.05) is 23.0 Å². The van der Waals surface area contributed by atoms with Gasteiger partial charge in [0.05, 0.1) is 12.1 Å². The molecule has 1 aromatic carbocycles. The third-order valence-corrected chi connectivity index (χ3v) is 1.64. The van der Waals surface area contributed by atoms with Crippen LogP contribution in [0.15, 0.2) is 23.3 Å². The molecule has 1 rings (SSSR count). The zero-order valence-corrected chi connectivity index (χ0v) is 7.71. The summed E-state index contributed by atoms with van der Waals surface area (Å²) in [5, 5.41) is 12.5. The largest absolute Gasteiger partial charge is 0.507 e. The number of benzene rings is 1. The van der Waals surface area contributed by atoms with Gasteiger partial charge in [0, 0.05) is 10.5 Å². The van der Waals surface area contributed by atoms with E-state index in [1.54, 1.807) is 12.1 Å². The lowest BCUT2D eigenvalue weighted by Gasteiger charge is -1.98. The third-order valence-electron chi connectivity index (χ3n) is 1.64. The van der Waals surface area contributed by atoms with E-state index in [0.29, 0.717) is 11.8 Å². The SMILES string of the molecule is [N-]=[N+]=NCC#Cc1cccc(O)c1C=O. The Morgan fingerprint density at radius 3 is 3.07 bits per heavy atom. The summed E-state index contributed by atoms with van der Waals surface area (Å²) in [5.41, 5.74) is 8.56. The minimum absolute atomic E-state index is 0.0322. The fourth-order valence-electron chi connectivity index (χ4n) is 0.988. The average molecular weight is 201 g/mol. The van der Waals surface area contributed by atoms with Gasteiger partial charge in [-0.2, -0.15) is 0 Å². The summed E-state index contributed by atoms with van der Waals surface area (Å²) < 4.78 is 0. The molecule has 0 aliphatic rings. The summed E-state index contributed by atoms with van der Waals surface area (Å²) in [7, 11) is 0. The predicted molar refractivity (Wildman–Crippen MR) is 54.4 cm³/mol. The number of phenolic OH excluding ortho intramolecular Hbond substituents is 1. The van der Waals surface area contributed by atoms with Crippen molar-refractivity contribution in [3.8, 4) is 17.6 Å². The van der Waals surface area contributed by atoms with E-state index in [0.717, 1.165) is 0 Å². The zero-order chi connectivity index (χ0) is 11.1. The molecule has 15 heavy (non-hydrogen) atoms. The van der Waals surface area contributed by atoms with Crippen LogP contribution in [0.5, 0.6) is 5.75 Å². The minimum Gasteiger partial charge on any atom is -0.507 e. The monoisotopic (exact) mass is 201 g/mol. The molecule has 0 aromatic heterocycles. The Morgan fingerprint density at radius 2 is 2.40 bits per heavy atom. The van der Waals surface area contributed by atoms with Gasteiger partial charge in [-0.25, -0.2) is 0 Å². The van der Waals surface area contributed by atoms with Crippen molar-refractivity contribution in [1.82, 2.24) is 0 Å². The first-order valence-corrected chi connectivity index (χ1v) is 4.06. The average Bonchev–Trinajstić information content (AvgIpc) is 2.24. The molecular weight excluding hydrogens is 194 g/mol. The third kappa shape index (κ3) is 2.76. The first-order valence-electron chi connectivity index (χ1n) is 4.06. The molecule has 0 saturated heterocycles. The topological polar surface area (TPSA) is 86.1 Å². The molecule has 0 amide bonds. The van der Waals surface area contributed by atoms with Crippen LogP contribution < -0.4 is 0 Å². The maximum atomic E-state index is 10.6. The number of aldehydes is 1. The second-order valence-electron chi connectivity index (χ2n) is 2.55. The Balaban J connectivity index is 3.02. The van der Waals surface area contributed by atoms with Gasteiger partial charge in [-0.3, -0.25) is 4.79 Å². The van der Waals surface area contributed by atoms with Crippen molar-refractivity contribution in [1.29, 1.82) is 0 Å². The van der Waals surface area contributed by atoms with E-state index in [1.165, 1.54) is 6.07 Å². The highest BCUT2D eigenvalue weighted by Gasteiger charge is 2.03. The Morgan fingerprint density at radius 1 is 1.60 bits per heavy atom. The van der Waals surface area contributed by atoms with Crippen molar-refractivity contribution in [3.63, 3.8) is 0 Å². The number of phenols is 1. The Bertz CT molecular complexity index is 479. The lowest BCUT2D eigenvalue weighted by atomic mass is 10.1. The fraction of sp³-hybridized carbons (Fsp3) is 0.100. The molecule has 0 unspecified atom stereocenters. The van der Waals surface area contributed by atoms with Crippen LogP contribution in [0.4, 0.5) is 0 Å². The highest BCUT2D eigenvalue weighted by Crippen LogP contribution is 2.17. The number of nitrogens with zero attached hydrogens (tertiary/aromatic N) is 3. The van der Waals surface area contributed by atoms with E-state index < -0.39 is 0 Å². The number of aromatic hydroxyl groups is 1. The highest BCUT2D eigenvalue weighted by molar-refractivity contribution is 5.83. The van der Waals surface area contributed by atoms with Crippen LogP contribution in [0.3, 0.4) is 0 Å². The number of carbonyl (C=O) groups is 1. The maximum absolute atomic E-state index is 10.6. The van der Waals surface area contributed by atoms with Gasteiger partial charge in [0.1, 0.15) is 5.75 Å². The van der Waals surface area contributed by atoms with Crippen LogP contribution in [-0.4, -0.2) is 17.9 Å². The minimum atomic E-state index is -0.111. The van der Waals surface area contributed by atoms with E-state index in [1.807, 2.05) is 0 Å². The Hall–Kier alpha value is -2.44. The number of carbonyl (C=O) groups excluding carboxylic acids is 1. The zero-order valence-electron chi connectivity index (χ0n) is 7.71. The number of hydrogen-bond donors (Lipinski definition) is 1. The summed E-state index contributed by atoms with van der Waals surface area (Å²) in [6, 6.07) is 4.59. The van der Waals surface area contributed by atoms with Gasteiger partial charge in [0.15, 0.2) is 6.29 Å². The second kappa shape index (κ2) is 5.32. The van der Waals surface area contributed by atoms with E-state index in [9.17, 15) is 9.90 Å². The number of azide groups is 1. The Kier molecular flexibility index (Phi) is 3.78. The normalized spacial score (nSPS) is 8.27. The van der Waals surface area contributed by atoms with Gasteiger partial charge in [0.25, 0.3) is 0 Å². The van der Waals surface area contributed by atoms with Gasteiger partial charge in [0.2, 0.25) is 0 Å². The van der Waals surface area contributed by atoms with E-state index in [2.05, 4.69) is 21.9 Å². The molecule has 1 N–H and O–H groups in total. The molecular formula is C10H7N3O2. The van der Waals surface area contributed by atoms with Crippen molar-refractivity contribution in [2.75, 3.05) is 6.54 Å². The molecule has 0 bridgehead atoms. The van der Waals surface area contributed by atoms with Crippen molar-refractivity contribution >= 4 is 6.29 Å². The maximum Gasteiger partial charge on any atom is 0.155 e.